The molecule has 0 spiro atoms. The monoisotopic (exact) mass is 223 g/mol. The Balaban J connectivity index is 1.69. The molecule has 1 aliphatic heterocycles. The molecule has 0 saturated carbocycles. The van der Waals surface area contributed by atoms with Gasteiger partial charge in [-0.05, 0) is 25.8 Å². The molecule has 3 unspecified atom stereocenters. The molecule has 90 valence electrons. The summed E-state index contributed by atoms with van der Waals surface area (Å²) in [6.07, 6.45) is 7.21. The zero-order valence-electron chi connectivity index (χ0n) is 10.1. The summed E-state index contributed by atoms with van der Waals surface area (Å²) in [5.74, 6) is 0.613. The van der Waals surface area contributed by atoms with Gasteiger partial charge in [-0.3, -0.25) is 0 Å². The first-order valence-corrected chi connectivity index (χ1v) is 6.06. The number of ether oxygens (including phenoxy) is 1. The van der Waals surface area contributed by atoms with Crippen molar-refractivity contribution >= 4 is 0 Å². The van der Waals surface area contributed by atoms with Crippen LogP contribution >= 0.6 is 0 Å². The molecule has 1 fully saturated rings. The van der Waals surface area contributed by atoms with E-state index in [0.717, 1.165) is 26.1 Å². The van der Waals surface area contributed by atoms with Crippen LogP contribution in [0.5, 0.6) is 0 Å². The van der Waals surface area contributed by atoms with Gasteiger partial charge >= 0.3 is 0 Å². The van der Waals surface area contributed by atoms with Gasteiger partial charge in [0.25, 0.3) is 0 Å². The lowest BCUT2D eigenvalue weighted by atomic mass is 10.1. The molecule has 0 aliphatic carbocycles. The van der Waals surface area contributed by atoms with Gasteiger partial charge in [0.05, 0.1) is 12.4 Å². The third-order valence-corrected chi connectivity index (χ3v) is 3.19. The molecule has 16 heavy (non-hydrogen) atoms. The molecule has 1 aliphatic rings. The summed E-state index contributed by atoms with van der Waals surface area (Å²) >= 11 is 0. The molecule has 1 aromatic rings. The van der Waals surface area contributed by atoms with Gasteiger partial charge in [-0.2, -0.15) is 0 Å². The van der Waals surface area contributed by atoms with Crippen molar-refractivity contribution in [2.24, 2.45) is 5.92 Å². The van der Waals surface area contributed by atoms with E-state index in [2.05, 4.69) is 28.7 Å². The molecule has 0 radical (unpaired) electrons. The van der Waals surface area contributed by atoms with Gasteiger partial charge in [-0.15, -0.1) is 0 Å². The SMILES string of the molecule is CC(CNC1CCOC1C)Cn1ccnc1. The number of imidazole rings is 1. The Hall–Kier alpha value is -0.870. The maximum atomic E-state index is 5.53. The Kier molecular flexibility index (Phi) is 3.96. The van der Waals surface area contributed by atoms with Crippen LogP contribution in [0.25, 0.3) is 0 Å². The predicted molar refractivity (Wildman–Crippen MR) is 63.2 cm³/mol. The van der Waals surface area contributed by atoms with E-state index >= 15 is 0 Å². The lowest BCUT2D eigenvalue weighted by Gasteiger charge is -2.19. The van der Waals surface area contributed by atoms with E-state index in [4.69, 9.17) is 4.74 Å². The summed E-state index contributed by atoms with van der Waals surface area (Å²) in [5.41, 5.74) is 0. The average Bonchev–Trinajstić information content (AvgIpc) is 2.87. The van der Waals surface area contributed by atoms with Crippen LogP contribution < -0.4 is 5.32 Å². The standard InChI is InChI=1S/C12H21N3O/c1-10(8-15-5-4-13-9-15)7-14-12-3-6-16-11(12)2/h4-5,9-12,14H,3,6-8H2,1-2H3. The van der Waals surface area contributed by atoms with E-state index < -0.39 is 0 Å². The third kappa shape index (κ3) is 3.06. The Bertz CT molecular complexity index is 299. The molecule has 1 aromatic heterocycles. The van der Waals surface area contributed by atoms with Crippen LogP contribution in [0, 0.1) is 5.92 Å². The first-order chi connectivity index (χ1) is 7.75. The molecule has 0 aromatic carbocycles. The van der Waals surface area contributed by atoms with E-state index in [1.54, 1.807) is 0 Å². The van der Waals surface area contributed by atoms with Gasteiger partial charge in [-0.1, -0.05) is 6.92 Å². The van der Waals surface area contributed by atoms with Gasteiger partial charge in [0.1, 0.15) is 0 Å². The zero-order chi connectivity index (χ0) is 11.4. The first-order valence-electron chi connectivity index (χ1n) is 6.06. The van der Waals surface area contributed by atoms with Crippen molar-refractivity contribution < 1.29 is 4.74 Å². The minimum atomic E-state index is 0.362. The second kappa shape index (κ2) is 5.46. The largest absolute Gasteiger partial charge is 0.377 e. The fourth-order valence-corrected chi connectivity index (χ4v) is 2.17. The van der Waals surface area contributed by atoms with Crippen molar-refractivity contribution in [2.45, 2.75) is 39.0 Å². The molecule has 0 bridgehead atoms. The third-order valence-electron chi connectivity index (χ3n) is 3.19. The molecule has 0 amide bonds. The van der Waals surface area contributed by atoms with Crippen molar-refractivity contribution in [3.63, 3.8) is 0 Å². The molecule has 4 nitrogen and oxygen atoms in total. The lowest BCUT2D eigenvalue weighted by Crippen LogP contribution is -2.38. The second-order valence-corrected chi connectivity index (χ2v) is 4.74. The molecular formula is C12H21N3O. The van der Waals surface area contributed by atoms with Crippen molar-refractivity contribution in [1.29, 1.82) is 0 Å². The number of aromatic nitrogens is 2. The van der Waals surface area contributed by atoms with Gasteiger partial charge in [0.2, 0.25) is 0 Å². The maximum absolute atomic E-state index is 5.53. The fourth-order valence-electron chi connectivity index (χ4n) is 2.17. The van der Waals surface area contributed by atoms with Crippen molar-refractivity contribution in [3.8, 4) is 0 Å². The molecule has 1 saturated heterocycles. The Morgan fingerprint density at radius 2 is 2.50 bits per heavy atom. The Morgan fingerprint density at radius 1 is 1.62 bits per heavy atom. The van der Waals surface area contributed by atoms with Gasteiger partial charge in [0.15, 0.2) is 0 Å². The van der Waals surface area contributed by atoms with Gasteiger partial charge in [-0.25, -0.2) is 4.98 Å². The van der Waals surface area contributed by atoms with E-state index in [1.807, 2.05) is 18.7 Å². The molecule has 2 rings (SSSR count). The van der Waals surface area contributed by atoms with Crippen molar-refractivity contribution in [2.75, 3.05) is 13.2 Å². The van der Waals surface area contributed by atoms with Crippen LogP contribution in [0.1, 0.15) is 20.3 Å². The first kappa shape index (κ1) is 11.6. The summed E-state index contributed by atoms with van der Waals surface area (Å²) in [6, 6.07) is 0.533. The number of nitrogens with one attached hydrogen (secondary N) is 1. The molecule has 1 N–H and O–H groups in total. The van der Waals surface area contributed by atoms with Crippen molar-refractivity contribution in [3.05, 3.63) is 18.7 Å². The smallest absolute Gasteiger partial charge is 0.0946 e. The minimum Gasteiger partial charge on any atom is -0.377 e. The summed E-state index contributed by atoms with van der Waals surface area (Å²) in [5, 5.41) is 3.58. The van der Waals surface area contributed by atoms with Crippen LogP contribution in [0.15, 0.2) is 18.7 Å². The lowest BCUT2D eigenvalue weighted by molar-refractivity contribution is 0.112. The molecule has 3 atom stereocenters. The maximum Gasteiger partial charge on any atom is 0.0946 e. The Labute approximate surface area is 97.0 Å². The average molecular weight is 223 g/mol. The minimum absolute atomic E-state index is 0.362. The van der Waals surface area contributed by atoms with Gasteiger partial charge < -0.3 is 14.6 Å². The van der Waals surface area contributed by atoms with E-state index in [9.17, 15) is 0 Å². The Morgan fingerprint density at radius 3 is 3.12 bits per heavy atom. The predicted octanol–water partition coefficient (Wildman–Crippen LogP) is 1.29. The highest BCUT2D eigenvalue weighted by atomic mass is 16.5. The van der Waals surface area contributed by atoms with Crippen LogP contribution in [0.2, 0.25) is 0 Å². The number of nitrogens with zero attached hydrogens (tertiary/aromatic N) is 2. The van der Waals surface area contributed by atoms with Crippen LogP contribution in [0.3, 0.4) is 0 Å². The normalized spacial score (nSPS) is 27.1. The van der Waals surface area contributed by atoms with Crippen LogP contribution in [-0.2, 0) is 11.3 Å². The van der Waals surface area contributed by atoms with Gasteiger partial charge in [0, 0.05) is 31.6 Å². The molecule has 2 heterocycles. The number of rotatable bonds is 5. The highest BCUT2D eigenvalue weighted by Crippen LogP contribution is 2.13. The van der Waals surface area contributed by atoms with E-state index in [-0.39, 0.29) is 0 Å². The van der Waals surface area contributed by atoms with E-state index in [1.165, 1.54) is 0 Å². The van der Waals surface area contributed by atoms with E-state index in [0.29, 0.717) is 18.1 Å². The quantitative estimate of drug-likeness (QED) is 0.817. The summed E-state index contributed by atoms with van der Waals surface area (Å²) < 4.78 is 7.65. The van der Waals surface area contributed by atoms with Crippen LogP contribution in [0.4, 0.5) is 0 Å². The second-order valence-electron chi connectivity index (χ2n) is 4.74. The number of hydrogen-bond acceptors (Lipinski definition) is 3. The molecular weight excluding hydrogens is 202 g/mol. The molecule has 4 heteroatoms. The number of hydrogen-bond donors (Lipinski definition) is 1. The fraction of sp³-hybridized carbons (Fsp3) is 0.750. The highest BCUT2D eigenvalue weighted by Gasteiger charge is 2.23. The topological polar surface area (TPSA) is 39.1 Å². The zero-order valence-corrected chi connectivity index (χ0v) is 10.1. The highest BCUT2D eigenvalue weighted by molar-refractivity contribution is 4.80. The summed E-state index contributed by atoms with van der Waals surface area (Å²) in [7, 11) is 0. The summed E-state index contributed by atoms with van der Waals surface area (Å²) in [6.45, 7) is 7.36. The van der Waals surface area contributed by atoms with Crippen molar-refractivity contribution in [1.82, 2.24) is 14.9 Å². The van der Waals surface area contributed by atoms with Crippen LogP contribution in [-0.4, -0.2) is 34.8 Å². The summed E-state index contributed by atoms with van der Waals surface area (Å²) in [4.78, 5) is 4.05.